The maximum atomic E-state index is 6.35. The molecule has 106 valence electrons. The number of benzene rings is 1. The average molecular weight is 260 g/mol. The third kappa shape index (κ3) is 2.85. The van der Waals surface area contributed by atoms with Gasteiger partial charge in [0.05, 0.1) is 6.04 Å². The summed E-state index contributed by atoms with van der Waals surface area (Å²) in [6, 6.07) is 10.5. The Morgan fingerprint density at radius 2 is 2.00 bits per heavy atom. The third-order valence-corrected chi connectivity index (χ3v) is 4.65. The van der Waals surface area contributed by atoms with Crippen molar-refractivity contribution in [1.29, 1.82) is 0 Å². The molecule has 1 heterocycles. The zero-order chi connectivity index (χ0) is 14.0. The van der Waals surface area contributed by atoms with Crippen LogP contribution in [0.15, 0.2) is 24.3 Å². The van der Waals surface area contributed by atoms with Gasteiger partial charge < -0.3 is 5.73 Å². The predicted octanol–water partition coefficient (Wildman–Crippen LogP) is 3.65. The van der Waals surface area contributed by atoms with Gasteiger partial charge in [-0.05, 0) is 51.2 Å². The molecule has 1 aliphatic heterocycles. The lowest BCUT2D eigenvalue weighted by Gasteiger charge is -2.39. The third-order valence-electron chi connectivity index (χ3n) is 4.65. The normalized spacial score (nSPS) is 27.4. The summed E-state index contributed by atoms with van der Waals surface area (Å²) in [6.45, 7) is 9.00. The largest absolute Gasteiger partial charge is 0.326 e. The lowest BCUT2D eigenvalue weighted by Crippen LogP contribution is -2.45. The van der Waals surface area contributed by atoms with Gasteiger partial charge in [-0.3, -0.25) is 4.90 Å². The van der Waals surface area contributed by atoms with E-state index in [1.54, 1.807) is 0 Å². The van der Waals surface area contributed by atoms with E-state index in [0.717, 1.165) is 0 Å². The van der Waals surface area contributed by atoms with Crippen LogP contribution in [0.3, 0.4) is 0 Å². The van der Waals surface area contributed by atoms with E-state index < -0.39 is 0 Å². The van der Waals surface area contributed by atoms with Crippen LogP contribution in [0.1, 0.15) is 57.2 Å². The molecule has 4 unspecified atom stereocenters. The van der Waals surface area contributed by atoms with Crippen LogP contribution < -0.4 is 5.73 Å². The fourth-order valence-corrected chi connectivity index (χ4v) is 3.64. The molecule has 0 aromatic heterocycles. The molecule has 2 rings (SSSR count). The number of hydrogen-bond donors (Lipinski definition) is 1. The van der Waals surface area contributed by atoms with E-state index >= 15 is 0 Å². The van der Waals surface area contributed by atoms with Gasteiger partial charge in [0.15, 0.2) is 0 Å². The summed E-state index contributed by atoms with van der Waals surface area (Å²) < 4.78 is 0. The van der Waals surface area contributed by atoms with Crippen LogP contribution in [0.5, 0.6) is 0 Å². The second-order valence-corrected chi connectivity index (χ2v) is 6.10. The van der Waals surface area contributed by atoms with E-state index in [2.05, 4.69) is 56.9 Å². The summed E-state index contributed by atoms with van der Waals surface area (Å²) in [6.07, 6.45) is 3.83. The van der Waals surface area contributed by atoms with Gasteiger partial charge in [-0.25, -0.2) is 0 Å². The van der Waals surface area contributed by atoms with Gasteiger partial charge in [0.2, 0.25) is 0 Å². The highest BCUT2D eigenvalue weighted by atomic mass is 15.2. The topological polar surface area (TPSA) is 29.3 Å². The fraction of sp³-hybridized carbons (Fsp3) is 0.647. The van der Waals surface area contributed by atoms with E-state index in [1.807, 2.05) is 0 Å². The molecule has 0 radical (unpaired) electrons. The van der Waals surface area contributed by atoms with Crippen LogP contribution in [-0.2, 0) is 0 Å². The highest BCUT2D eigenvalue weighted by Gasteiger charge is 2.37. The van der Waals surface area contributed by atoms with Gasteiger partial charge in [-0.1, -0.05) is 31.2 Å². The molecule has 0 saturated carbocycles. The van der Waals surface area contributed by atoms with Crippen molar-refractivity contribution in [3.63, 3.8) is 0 Å². The Morgan fingerprint density at radius 3 is 2.58 bits per heavy atom. The summed E-state index contributed by atoms with van der Waals surface area (Å²) >= 11 is 0. The van der Waals surface area contributed by atoms with Gasteiger partial charge in [0.1, 0.15) is 0 Å². The molecule has 2 N–H and O–H groups in total. The molecule has 0 bridgehead atoms. The smallest absolute Gasteiger partial charge is 0.0504 e. The maximum Gasteiger partial charge on any atom is 0.0504 e. The molecule has 1 aliphatic rings. The molecule has 1 fully saturated rings. The van der Waals surface area contributed by atoms with Gasteiger partial charge in [-0.15, -0.1) is 0 Å². The summed E-state index contributed by atoms with van der Waals surface area (Å²) in [5.41, 5.74) is 9.12. The van der Waals surface area contributed by atoms with Crippen molar-refractivity contribution in [2.45, 2.75) is 71.1 Å². The Hall–Kier alpha value is -0.860. The lowest BCUT2D eigenvalue weighted by molar-refractivity contribution is 0.116. The lowest BCUT2D eigenvalue weighted by atomic mass is 9.93. The molecule has 2 heteroatoms. The van der Waals surface area contributed by atoms with Crippen LogP contribution >= 0.6 is 0 Å². The Morgan fingerprint density at radius 1 is 1.32 bits per heavy atom. The van der Waals surface area contributed by atoms with Crippen LogP contribution in [0.25, 0.3) is 0 Å². The Kier molecular flexibility index (Phi) is 4.64. The monoisotopic (exact) mass is 260 g/mol. The first-order valence-electron chi connectivity index (χ1n) is 7.64. The molecule has 1 aromatic carbocycles. The first-order chi connectivity index (χ1) is 9.06. The maximum absolute atomic E-state index is 6.35. The minimum Gasteiger partial charge on any atom is -0.326 e. The second-order valence-electron chi connectivity index (χ2n) is 6.10. The summed E-state index contributed by atoms with van der Waals surface area (Å²) in [7, 11) is 0. The Bertz CT molecular complexity index is 413. The summed E-state index contributed by atoms with van der Waals surface area (Å²) in [5, 5.41) is 0. The zero-order valence-electron chi connectivity index (χ0n) is 12.8. The van der Waals surface area contributed by atoms with E-state index in [4.69, 9.17) is 5.73 Å². The second kappa shape index (κ2) is 6.06. The number of hydrogen-bond acceptors (Lipinski definition) is 2. The summed E-state index contributed by atoms with van der Waals surface area (Å²) in [4.78, 5) is 2.67. The molecule has 0 aliphatic carbocycles. The van der Waals surface area contributed by atoms with Gasteiger partial charge in [-0.2, -0.15) is 0 Å². The number of likely N-dealkylation sites (tertiary alicyclic amines) is 1. The average Bonchev–Trinajstić information content (AvgIpc) is 2.73. The molecule has 2 nitrogen and oxygen atoms in total. The Labute approximate surface area is 118 Å². The van der Waals surface area contributed by atoms with E-state index in [-0.39, 0.29) is 6.04 Å². The molecule has 1 saturated heterocycles. The fourth-order valence-electron chi connectivity index (χ4n) is 3.64. The van der Waals surface area contributed by atoms with Crippen LogP contribution in [0, 0.1) is 6.92 Å². The number of aryl methyl sites for hydroxylation is 1. The molecule has 4 atom stereocenters. The van der Waals surface area contributed by atoms with Crippen LogP contribution in [-0.4, -0.2) is 23.0 Å². The summed E-state index contributed by atoms with van der Waals surface area (Å²) in [5.74, 6) is 0. The molecule has 1 aromatic rings. The Balaban J connectivity index is 2.38. The standard InChI is InChI=1S/C17H28N2/c1-5-15-11-10-13(3)19(15)17(14(4)18)16-9-7-6-8-12(16)2/h6-9,13-15,17H,5,10-11,18H2,1-4H3. The van der Waals surface area contributed by atoms with Crippen molar-refractivity contribution >= 4 is 0 Å². The van der Waals surface area contributed by atoms with Crippen molar-refractivity contribution in [3.8, 4) is 0 Å². The van der Waals surface area contributed by atoms with Crippen molar-refractivity contribution in [3.05, 3.63) is 35.4 Å². The van der Waals surface area contributed by atoms with Crippen molar-refractivity contribution in [1.82, 2.24) is 4.90 Å². The minimum atomic E-state index is 0.163. The highest BCUT2D eigenvalue weighted by molar-refractivity contribution is 5.30. The number of nitrogens with two attached hydrogens (primary N) is 1. The van der Waals surface area contributed by atoms with Gasteiger partial charge in [0, 0.05) is 18.1 Å². The number of nitrogens with zero attached hydrogens (tertiary/aromatic N) is 1. The zero-order valence-corrected chi connectivity index (χ0v) is 12.8. The molecular formula is C17H28N2. The van der Waals surface area contributed by atoms with E-state index in [0.29, 0.717) is 18.1 Å². The SMILES string of the molecule is CCC1CCC(C)N1C(c1ccccc1C)C(C)N. The van der Waals surface area contributed by atoms with Gasteiger partial charge >= 0.3 is 0 Å². The highest BCUT2D eigenvalue weighted by Crippen LogP contribution is 2.37. The quantitative estimate of drug-likeness (QED) is 0.895. The van der Waals surface area contributed by atoms with E-state index in [9.17, 15) is 0 Å². The first-order valence-corrected chi connectivity index (χ1v) is 7.64. The minimum absolute atomic E-state index is 0.163. The molecule has 0 amide bonds. The van der Waals surface area contributed by atoms with Gasteiger partial charge in [0.25, 0.3) is 0 Å². The number of rotatable bonds is 4. The van der Waals surface area contributed by atoms with E-state index in [1.165, 1.54) is 30.4 Å². The van der Waals surface area contributed by atoms with Crippen LogP contribution in [0.2, 0.25) is 0 Å². The van der Waals surface area contributed by atoms with Crippen molar-refractivity contribution in [2.75, 3.05) is 0 Å². The molecule has 0 spiro atoms. The predicted molar refractivity (Wildman–Crippen MR) is 82.2 cm³/mol. The van der Waals surface area contributed by atoms with Crippen molar-refractivity contribution < 1.29 is 0 Å². The van der Waals surface area contributed by atoms with Crippen LogP contribution in [0.4, 0.5) is 0 Å². The molecular weight excluding hydrogens is 232 g/mol. The van der Waals surface area contributed by atoms with Crippen molar-refractivity contribution in [2.24, 2.45) is 5.73 Å². The first kappa shape index (κ1) is 14.5. The molecule has 19 heavy (non-hydrogen) atoms.